The van der Waals surface area contributed by atoms with Crippen LogP contribution in [0.4, 0.5) is 0 Å². The molecule has 0 spiro atoms. The van der Waals surface area contributed by atoms with Gasteiger partial charge in [-0.3, -0.25) is 0 Å². The van der Waals surface area contributed by atoms with Gasteiger partial charge in [-0.05, 0) is 60.8 Å². The van der Waals surface area contributed by atoms with E-state index in [-0.39, 0.29) is 23.0 Å². The Bertz CT molecular complexity index is 565. The third-order valence-corrected chi connectivity index (χ3v) is 7.84. The molecular weight excluding hydrogens is 288 g/mol. The first-order chi connectivity index (χ1) is 10.9. The van der Waals surface area contributed by atoms with E-state index in [9.17, 15) is 10.2 Å². The smallest absolute Gasteiger partial charge is 0.0956 e. The fourth-order valence-electron chi connectivity index (χ4n) is 6.28. The van der Waals surface area contributed by atoms with E-state index in [0.717, 1.165) is 44.3 Å². The SMILES string of the molecule is COC1=C2[C@@H]3CC[C@H](O)[C@@]3(C)CC[C@@H]2[C@@]2(C)C=C[C@H](O)CC2C1. The van der Waals surface area contributed by atoms with Gasteiger partial charge in [0.05, 0.1) is 25.1 Å². The number of hydrogen-bond acceptors (Lipinski definition) is 3. The van der Waals surface area contributed by atoms with Crippen molar-refractivity contribution in [3.05, 3.63) is 23.5 Å². The Balaban J connectivity index is 1.80. The summed E-state index contributed by atoms with van der Waals surface area (Å²) in [6.45, 7) is 4.66. The van der Waals surface area contributed by atoms with Gasteiger partial charge in [-0.15, -0.1) is 0 Å². The quantitative estimate of drug-likeness (QED) is 0.728. The largest absolute Gasteiger partial charge is 0.501 e. The van der Waals surface area contributed by atoms with E-state index in [4.69, 9.17) is 4.74 Å². The standard InChI is InChI=1S/C20H30O3/c1-19-8-6-13(21)10-12(19)11-16(23-3)18-14-4-5-17(22)20(14,2)9-7-15(18)19/h6,8,12-15,17,21-22H,4-5,7,9-11H2,1-3H3/t12?,13-,14-,15-,17-,19-,20-/m0/s1. The molecule has 0 aromatic rings. The summed E-state index contributed by atoms with van der Waals surface area (Å²) in [5.41, 5.74) is 1.65. The fraction of sp³-hybridized carbons (Fsp3) is 0.800. The number of hydrogen-bond donors (Lipinski definition) is 2. The predicted octanol–water partition coefficient (Wildman–Crippen LogP) is 3.42. The normalized spacial score (nSPS) is 52.0. The third kappa shape index (κ3) is 2.02. The Morgan fingerprint density at radius 2 is 1.91 bits per heavy atom. The van der Waals surface area contributed by atoms with Crippen LogP contribution in [-0.2, 0) is 4.74 Å². The highest BCUT2D eigenvalue weighted by Gasteiger charge is 2.58. The summed E-state index contributed by atoms with van der Waals surface area (Å²) < 4.78 is 5.87. The van der Waals surface area contributed by atoms with E-state index in [1.807, 2.05) is 6.08 Å². The maximum absolute atomic E-state index is 10.6. The van der Waals surface area contributed by atoms with Crippen LogP contribution < -0.4 is 0 Å². The van der Waals surface area contributed by atoms with Gasteiger partial charge in [-0.2, -0.15) is 0 Å². The molecule has 1 unspecified atom stereocenters. The molecule has 0 radical (unpaired) electrons. The summed E-state index contributed by atoms with van der Waals surface area (Å²) in [6.07, 6.45) is 9.81. The first kappa shape index (κ1) is 15.7. The molecule has 0 aromatic heterocycles. The van der Waals surface area contributed by atoms with Crippen LogP contribution in [0.25, 0.3) is 0 Å². The predicted molar refractivity (Wildman–Crippen MR) is 89.6 cm³/mol. The van der Waals surface area contributed by atoms with Gasteiger partial charge in [0.25, 0.3) is 0 Å². The molecule has 3 nitrogen and oxygen atoms in total. The Hall–Kier alpha value is -0.800. The lowest BCUT2D eigenvalue weighted by Crippen LogP contribution is -2.49. The van der Waals surface area contributed by atoms with Crippen molar-refractivity contribution in [2.75, 3.05) is 7.11 Å². The third-order valence-electron chi connectivity index (χ3n) is 7.84. The van der Waals surface area contributed by atoms with Gasteiger partial charge in [0.1, 0.15) is 0 Å². The molecule has 2 saturated carbocycles. The van der Waals surface area contributed by atoms with Crippen LogP contribution in [0.1, 0.15) is 52.4 Å². The fourth-order valence-corrected chi connectivity index (χ4v) is 6.28. The summed E-state index contributed by atoms with van der Waals surface area (Å²) in [4.78, 5) is 0. The second-order valence-electron chi connectivity index (χ2n) is 8.75. The van der Waals surface area contributed by atoms with Crippen molar-refractivity contribution < 1.29 is 14.9 Å². The highest BCUT2D eigenvalue weighted by Crippen LogP contribution is 2.64. The molecule has 4 rings (SSSR count). The van der Waals surface area contributed by atoms with Crippen LogP contribution >= 0.6 is 0 Å². The lowest BCUT2D eigenvalue weighted by Gasteiger charge is -2.56. The van der Waals surface area contributed by atoms with E-state index < -0.39 is 0 Å². The van der Waals surface area contributed by atoms with Crippen molar-refractivity contribution in [1.29, 1.82) is 0 Å². The summed E-state index contributed by atoms with van der Waals surface area (Å²) in [5.74, 6) is 2.58. The van der Waals surface area contributed by atoms with Gasteiger partial charge in [-0.1, -0.05) is 26.0 Å². The van der Waals surface area contributed by atoms with Gasteiger partial charge in [-0.25, -0.2) is 0 Å². The van der Waals surface area contributed by atoms with Gasteiger partial charge in [0.2, 0.25) is 0 Å². The topological polar surface area (TPSA) is 49.7 Å². The molecule has 2 N–H and O–H groups in total. The number of aliphatic hydroxyl groups excluding tert-OH is 2. The second kappa shape index (κ2) is 5.10. The Morgan fingerprint density at radius 3 is 2.65 bits per heavy atom. The highest BCUT2D eigenvalue weighted by atomic mass is 16.5. The van der Waals surface area contributed by atoms with E-state index in [2.05, 4.69) is 19.9 Å². The van der Waals surface area contributed by atoms with Gasteiger partial charge >= 0.3 is 0 Å². The molecule has 0 saturated heterocycles. The van der Waals surface area contributed by atoms with Gasteiger partial charge in [0.15, 0.2) is 0 Å². The van der Waals surface area contributed by atoms with Crippen LogP contribution in [-0.4, -0.2) is 29.5 Å². The molecule has 4 aliphatic carbocycles. The second-order valence-corrected chi connectivity index (χ2v) is 8.75. The summed E-state index contributed by atoms with van der Waals surface area (Å²) in [6, 6.07) is 0. The van der Waals surface area contributed by atoms with E-state index in [1.54, 1.807) is 7.11 Å². The minimum atomic E-state index is -0.310. The molecule has 0 bridgehead atoms. The van der Waals surface area contributed by atoms with Gasteiger partial charge < -0.3 is 14.9 Å². The summed E-state index contributed by atoms with van der Waals surface area (Å²) in [7, 11) is 1.80. The highest BCUT2D eigenvalue weighted by molar-refractivity contribution is 5.33. The minimum absolute atomic E-state index is 0.0245. The van der Waals surface area contributed by atoms with Crippen LogP contribution in [0.15, 0.2) is 23.5 Å². The van der Waals surface area contributed by atoms with Crippen LogP contribution in [0, 0.1) is 28.6 Å². The Labute approximate surface area is 139 Å². The zero-order valence-electron chi connectivity index (χ0n) is 14.6. The van der Waals surface area contributed by atoms with Gasteiger partial charge in [0, 0.05) is 11.8 Å². The number of aliphatic hydroxyl groups is 2. The van der Waals surface area contributed by atoms with E-state index in [1.165, 1.54) is 5.57 Å². The minimum Gasteiger partial charge on any atom is -0.501 e. The van der Waals surface area contributed by atoms with Crippen molar-refractivity contribution in [3.63, 3.8) is 0 Å². The maximum Gasteiger partial charge on any atom is 0.0956 e. The Morgan fingerprint density at radius 1 is 1.13 bits per heavy atom. The van der Waals surface area contributed by atoms with E-state index >= 15 is 0 Å². The molecule has 3 heteroatoms. The maximum atomic E-state index is 10.6. The zero-order chi connectivity index (χ0) is 16.4. The monoisotopic (exact) mass is 318 g/mol. The van der Waals surface area contributed by atoms with Crippen LogP contribution in [0.2, 0.25) is 0 Å². The number of ether oxygens (including phenoxy) is 1. The van der Waals surface area contributed by atoms with Crippen molar-refractivity contribution in [2.24, 2.45) is 28.6 Å². The first-order valence-electron chi connectivity index (χ1n) is 9.22. The molecule has 4 aliphatic rings. The molecular formula is C20H30O3. The van der Waals surface area contributed by atoms with Crippen molar-refractivity contribution in [3.8, 4) is 0 Å². The molecule has 0 heterocycles. The van der Waals surface area contributed by atoms with E-state index in [0.29, 0.717) is 17.8 Å². The van der Waals surface area contributed by atoms with Crippen LogP contribution in [0.5, 0.6) is 0 Å². The van der Waals surface area contributed by atoms with Crippen molar-refractivity contribution in [2.45, 2.75) is 64.6 Å². The lowest BCUT2D eigenvalue weighted by atomic mass is 9.49. The lowest BCUT2D eigenvalue weighted by molar-refractivity contribution is -0.0178. The number of rotatable bonds is 1. The van der Waals surface area contributed by atoms with Crippen molar-refractivity contribution >= 4 is 0 Å². The average molecular weight is 318 g/mol. The molecule has 0 aliphatic heterocycles. The molecule has 0 amide bonds. The average Bonchev–Trinajstić information content (AvgIpc) is 2.83. The summed E-state index contributed by atoms with van der Waals surface area (Å²) in [5, 5.41) is 20.6. The zero-order valence-corrected chi connectivity index (χ0v) is 14.6. The Kier molecular flexibility index (Phi) is 3.48. The molecule has 128 valence electrons. The number of fused-ring (bicyclic) bond motifs is 5. The van der Waals surface area contributed by atoms with Crippen molar-refractivity contribution in [1.82, 2.24) is 0 Å². The number of methoxy groups -OCH3 is 1. The molecule has 0 aromatic carbocycles. The summed E-state index contributed by atoms with van der Waals surface area (Å²) >= 11 is 0. The molecule has 2 fully saturated rings. The number of allylic oxidation sites excluding steroid dienone is 3. The first-order valence-corrected chi connectivity index (χ1v) is 9.22. The molecule has 7 atom stereocenters. The molecule has 23 heavy (non-hydrogen) atoms. The van der Waals surface area contributed by atoms with Crippen LogP contribution in [0.3, 0.4) is 0 Å².